The average molecular weight is 271 g/mol. The third-order valence-electron chi connectivity index (χ3n) is 2.83. The number of ether oxygens (including phenoxy) is 2. The Bertz CT molecular complexity index is 413. The number of halogens is 1. The van der Waals surface area contributed by atoms with E-state index in [0.29, 0.717) is 18.2 Å². The fraction of sp³-hybridized carbons (Fsp3) is 0.583. The van der Waals surface area contributed by atoms with E-state index in [9.17, 15) is 4.79 Å². The van der Waals surface area contributed by atoms with Gasteiger partial charge in [0.25, 0.3) is 0 Å². The largest absolute Gasteiger partial charge is 0.461 e. The van der Waals surface area contributed by atoms with E-state index in [0.717, 1.165) is 26.1 Å². The second kappa shape index (κ2) is 6.11. The summed E-state index contributed by atoms with van der Waals surface area (Å²) < 4.78 is 10.5. The molecule has 6 heteroatoms. The molecule has 0 amide bonds. The van der Waals surface area contributed by atoms with Crippen molar-refractivity contribution in [2.24, 2.45) is 5.92 Å². The number of aryl methyl sites for hydroxylation is 1. The Labute approximate surface area is 110 Å². The molecule has 1 aromatic heterocycles. The first-order valence-corrected chi connectivity index (χ1v) is 6.29. The molecule has 0 saturated carbocycles. The number of esters is 1. The molecule has 2 heterocycles. The number of aromatic nitrogens is 2. The molecular formula is C12H15ClN2O3. The summed E-state index contributed by atoms with van der Waals surface area (Å²) >= 11 is 5.70. The molecule has 0 spiro atoms. The van der Waals surface area contributed by atoms with Crippen molar-refractivity contribution in [3.63, 3.8) is 0 Å². The highest BCUT2D eigenvalue weighted by Crippen LogP contribution is 2.15. The van der Waals surface area contributed by atoms with Gasteiger partial charge in [-0.15, -0.1) is 0 Å². The molecule has 0 N–H and O–H groups in total. The van der Waals surface area contributed by atoms with Crippen molar-refractivity contribution in [3.8, 4) is 0 Å². The second-order valence-electron chi connectivity index (χ2n) is 4.32. The first kappa shape index (κ1) is 13.2. The Morgan fingerprint density at radius 1 is 1.50 bits per heavy atom. The van der Waals surface area contributed by atoms with Crippen LogP contribution in [-0.4, -0.2) is 35.8 Å². The molecule has 2 rings (SSSR count). The van der Waals surface area contributed by atoms with Crippen LogP contribution in [0.4, 0.5) is 0 Å². The summed E-state index contributed by atoms with van der Waals surface area (Å²) in [6, 6.07) is 1.57. The van der Waals surface area contributed by atoms with Crippen LogP contribution in [0.15, 0.2) is 6.07 Å². The lowest BCUT2D eigenvalue weighted by atomic mass is 10.0. The molecule has 0 aliphatic carbocycles. The van der Waals surface area contributed by atoms with Crippen molar-refractivity contribution in [3.05, 3.63) is 22.7 Å². The summed E-state index contributed by atoms with van der Waals surface area (Å²) in [5, 5.41) is 0.0630. The summed E-state index contributed by atoms with van der Waals surface area (Å²) in [5.74, 6) is -0.0741. The van der Waals surface area contributed by atoms with Gasteiger partial charge in [-0.1, -0.05) is 0 Å². The topological polar surface area (TPSA) is 61.3 Å². The predicted molar refractivity (Wildman–Crippen MR) is 65.6 cm³/mol. The van der Waals surface area contributed by atoms with Crippen molar-refractivity contribution in [1.82, 2.24) is 9.97 Å². The van der Waals surface area contributed by atoms with Crippen LogP contribution in [0.3, 0.4) is 0 Å². The number of hydrogen-bond donors (Lipinski definition) is 0. The van der Waals surface area contributed by atoms with Crippen molar-refractivity contribution in [2.75, 3.05) is 19.8 Å². The van der Waals surface area contributed by atoms with Gasteiger partial charge in [-0.2, -0.15) is 0 Å². The molecule has 0 unspecified atom stereocenters. The quantitative estimate of drug-likeness (QED) is 0.621. The van der Waals surface area contributed by atoms with E-state index >= 15 is 0 Å². The first-order chi connectivity index (χ1) is 8.65. The van der Waals surface area contributed by atoms with E-state index in [-0.39, 0.29) is 11.0 Å². The van der Waals surface area contributed by atoms with E-state index in [1.165, 1.54) is 0 Å². The van der Waals surface area contributed by atoms with Gasteiger partial charge in [0.05, 0.1) is 6.61 Å². The van der Waals surface area contributed by atoms with Crippen molar-refractivity contribution in [2.45, 2.75) is 19.8 Å². The Balaban J connectivity index is 1.90. The van der Waals surface area contributed by atoms with Gasteiger partial charge < -0.3 is 9.47 Å². The summed E-state index contributed by atoms with van der Waals surface area (Å²) in [4.78, 5) is 19.5. The SMILES string of the molecule is Cc1cc(C(=O)OCC2CCOCC2)nc(Cl)n1. The zero-order valence-corrected chi connectivity index (χ0v) is 10.9. The summed E-state index contributed by atoms with van der Waals surface area (Å²) in [6.07, 6.45) is 1.85. The first-order valence-electron chi connectivity index (χ1n) is 5.91. The minimum Gasteiger partial charge on any atom is -0.461 e. The zero-order valence-electron chi connectivity index (χ0n) is 10.2. The number of carbonyl (C=O) groups is 1. The molecule has 1 aliphatic heterocycles. The predicted octanol–water partition coefficient (Wildman–Crippen LogP) is 2.02. The molecule has 1 fully saturated rings. The molecule has 0 aromatic carbocycles. The molecule has 0 radical (unpaired) electrons. The number of hydrogen-bond acceptors (Lipinski definition) is 5. The maximum atomic E-state index is 11.8. The Kier molecular flexibility index (Phi) is 4.49. The van der Waals surface area contributed by atoms with Gasteiger partial charge in [-0.3, -0.25) is 0 Å². The Hall–Kier alpha value is -1.20. The van der Waals surface area contributed by atoms with Crippen LogP contribution < -0.4 is 0 Å². The molecular weight excluding hydrogens is 256 g/mol. The van der Waals surface area contributed by atoms with Crippen molar-refractivity contribution >= 4 is 17.6 Å². The molecule has 0 bridgehead atoms. The maximum absolute atomic E-state index is 11.8. The normalized spacial score (nSPS) is 16.6. The lowest BCUT2D eigenvalue weighted by Crippen LogP contribution is -2.22. The molecule has 1 aromatic rings. The molecule has 0 atom stereocenters. The summed E-state index contributed by atoms with van der Waals surface area (Å²) in [5.41, 5.74) is 0.854. The van der Waals surface area contributed by atoms with Gasteiger partial charge >= 0.3 is 5.97 Å². The van der Waals surface area contributed by atoms with Gasteiger partial charge in [-0.25, -0.2) is 14.8 Å². The number of rotatable bonds is 3. The van der Waals surface area contributed by atoms with E-state index in [4.69, 9.17) is 21.1 Å². The number of nitrogens with zero attached hydrogens (tertiary/aromatic N) is 2. The van der Waals surface area contributed by atoms with Gasteiger partial charge in [0.2, 0.25) is 5.28 Å². The van der Waals surface area contributed by atoms with Crippen LogP contribution in [0.1, 0.15) is 29.0 Å². The Morgan fingerprint density at radius 2 is 2.22 bits per heavy atom. The van der Waals surface area contributed by atoms with Gasteiger partial charge in [0, 0.05) is 18.9 Å². The van der Waals surface area contributed by atoms with Crippen LogP contribution >= 0.6 is 11.6 Å². The van der Waals surface area contributed by atoms with Crippen LogP contribution in [-0.2, 0) is 9.47 Å². The average Bonchev–Trinajstić information content (AvgIpc) is 2.36. The monoisotopic (exact) mass is 270 g/mol. The molecule has 1 aliphatic rings. The minimum absolute atomic E-state index is 0.0630. The molecule has 18 heavy (non-hydrogen) atoms. The lowest BCUT2D eigenvalue weighted by molar-refractivity contribution is 0.0181. The fourth-order valence-corrected chi connectivity index (χ4v) is 2.04. The fourth-order valence-electron chi connectivity index (χ4n) is 1.82. The van der Waals surface area contributed by atoms with E-state index in [2.05, 4.69) is 9.97 Å². The highest BCUT2D eigenvalue weighted by atomic mass is 35.5. The van der Waals surface area contributed by atoms with Crippen LogP contribution in [0, 0.1) is 12.8 Å². The van der Waals surface area contributed by atoms with Gasteiger partial charge in [0.1, 0.15) is 0 Å². The lowest BCUT2D eigenvalue weighted by Gasteiger charge is -2.21. The van der Waals surface area contributed by atoms with Crippen molar-refractivity contribution in [1.29, 1.82) is 0 Å². The van der Waals surface area contributed by atoms with Crippen LogP contribution in [0.2, 0.25) is 5.28 Å². The van der Waals surface area contributed by atoms with E-state index in [1.807, 2.05) is 0 Å². The van der Waals surface area contributed by atoms with E-state index < -0.39 is 5.97 Å². The molecule has 1 saturated heterocycles. The Morgan fingerprint density at radius 3 is 2.89 bits per heavy atom. The highest BCUT2D eigenvalue weighted by molar-refractivity contribution is 6.28. The van der Waals surface area contributed by atoms with Gasteiger partial charge in [-0.05, 0) is 43.4 Å². The third-order valence-corrected chi connectivity index (χ3v) is 3.00. The number of carbonyl (C=O) groups excluding carboxylic acids is 1. The van der Waals surface area contributed by atoms with Gasteiger partial charge in [0.15, 0.2) is 5.69 Å². The van der Waals surface area contributed by atoms with Crippen LogP contribution in [0.5, 0.6) is 0 Å². The second-order valence-corrected chi connectivity index (χ2v) is 4.66. The highest BCUT2D eigenvalue weighted by Gasteiger charge is 2.17. The van der Waals surface area contributed by atoms with Crippen molar-refractivity contribution < 1.29 is 14.3 Å². The standard InChI is InChI=1S/C12H15ClN2O3/c1-8-6-10(15-12(13)14-8)11(16)18-7-9-2-4-17-5-3-9/h6,9H,2-5,7H2,1H3. The summed E-state index contributed by atoms with van der Waals surface area (Å²) in [6.45, 7) is 3.63. The smallest absolute Gasteiger partial charge is 0.357 e. The third kappa shape index (κ3) is 3.65. The molecule has 98 valence electrons. The molecule has 5 nitrogen and oxygen atoms in total. The van der Waals surface area contributed by atoms with Crippen LogP contribution in [0.25, 0.3) is 0 Å². The zero-order chi connectivity index (χ0) is 13.0. The maximum Gasteiger partial charge on any atom is 0.357 e. The summed E-state index contributed by atoms with van der Waals surface area (Å²) in [7, 11) is 0. The van der Waals surface area contributed by atoms with E-state index in [1.54, 1.807) is 13.0 Å². The minimum atomic E-state index is -0.450.